The fraction of sp³-hybridized carbons (Fsp3) is 0.500. The third kappa shape index (κ3) is 4.76. The monoisotopic (exact) mass is 339 g/mol. The number of nitrogens with zero attached hydrogens (tertiary/aromatic N) is 1. The molecule has 1 aromatic carbocycles. The Labute approximate surface area is 141 Å². The molecular formula is C16H22ClN3O3. The van der Waals surface area contributed by atoms with E-state index in [2.05, 4.69) is 10.6 Å². The first-order valence-electron chi connectivity index (χ1n) is 7.65. The summed E-state index contributed by atoms with van der Waals surface area (Å²) in [7, 11) is 1.37. The average molecular weight is 340 g/mol. The van der Waals surface area contributed by atoms with Crippen molar-refractivity contribution in [2.45, 2.75) is 31.8 Å². The van der Waals surface area contributed by atoms with Gasteiger partial charge in [-0.05, 0) is 31.4 Å². The lowest BCUT2D eigenvalue weighted by Crippen LogP contribution is -2.49. The van der Waals surface area contributed by atoms with Crippen LogP contribution in [-0.4, -0.2) is 43.3 Å². The quantitative estimate of drug-likeness (QED) is 0.889. The summed E-state index contributed by atoms with van der Waals surface area (Å²) in [6.45, 7) is 3.05. The summed E-state index contributed by atoms with van der Waals surface area (Å²) in [5.41, 5.74) is 0.879. The molecule has 23 heavy (non-hydrogen) atoms. The molecule has 1 saturated heterocycles. The molecule has 1 unspecified atom stereocenters. The largest absolute Gasteiger partial charge is 0.453 e. The number of urea groups is 1. The van der Waals surface area contributed by atoms with Crippen molar-refractivity contribution in [3.05, 3.63) is 34.9 Å². The molecule has 1 atom stereocenters. The number of hydrogen-bond donors (Lipinski definition) is 2. The first-order valence-corrected chi connectivity index (χ1v) is 8.03. The number of rotatable bonds is 3. The highest BCUT2D eigenvalue weighted by Crippen LogP contribution is 2.22. The minimum absolute atomic E-state index is 0.0503. The molecule has 1 aromatic rings. The lowest BCUT2D eigenvalue weighted by atomic mass is 10.1. The molecule has 126 valence electrons. The highest BCUT2D eigenvalue weighted by atomic mass is 35.5. The zero-order valence-electron chi connectivity index (χ0n) is 13.3. The van der Waals surface area contributed by atoms with E-state index in [0.717, 1.165) is 5.56 Å². The number of carbonyl (C=O) groups excluding carboxylic acids is 2. The normalized spacial score (nSPS) is 16.6. The van der Waals surface area contributed by atoms with Crippen LogP contribution in [0.15, 0.2) is 24.3 Å². The highest BCUT2D eigenvalue weighted by molar-refractivity contribution is 6.31. The predicted octanol–water partition coefficient (Wildman–Crippen LogP) is 2.93. The second kappa shape index (κ2) is 8.06. The van der Waals surface area contributed by atoms with Crippen LogP contribution in [0.3, 0.4) is 0 Å². The Morgan fingerprint density at radius 1 is 1.30 bits per heavy atom. The van der Waals surface area contributed by atoms with Crippen LogP contribution in [0.5, 0.6) is 0 Å². The van der Waals surface area contributed by atoms with Gasteiger partial charge in [0.25, 0.3) is 0 Å². The third-order valence-electron chi connectivity index (χ3n) is 3.98. The molecule has 2 N–H and O–H groups in total. The molecule has 0 radical (unpaired) electrons. The molecule has 1 fully saturated rings. The van der Waals surface area contributed by atoms with E-state index in [4.69, 9.17) is 16.3 Å². The maximum Gasteiger partial charge on any atom is 0.409 e. The van der Waals surface area contributed by atoms with Crippen LogP contribution in [0.2, 0.25) is 5.02 Å². The van der Waals surface area contributed by atoms with E-state index in [1.807, 2.05) is 25.1 Å². The Hall–Kier alpha value is -1.95. The van der Waals surface area contributed by atoms with Gasteiger partial charge in [0.15, 0.2) is 0 Å². The number of likely N-dealkylation sites (tertiary alicyclic amines) is 1. The smallest absolute Gasteiger partial charge is 0.409 e. The molecule has 0 spiro atoms. The van der Waals surface area contributed by atoms with Crippen molar-refractivity contribution >= 4 is 23.7 Å². The molecule has 2 rings (SSSR count). The highest BCUT2D eigenvalue weighted by Gasteiger charge is 2.24. The topological polar surface area (TPSA) is 70.7 Å². The van der Waals surface area contributed by atoms with Crippen LogP contribution in [0.4, 0.5) is 9.59 Å². The zero-order valence-corrected chi connectivity index (χ0v) is 14.1. The van der Waals surface area contributed by atoms with Crippen LogP contribution < -0.4 is 10.6 Å². The number of halogens is 1. The van der Waals surface area contributed by atoms with Crippen LogP contribution in [-0.2, 0) is 4.74 Å². The second-order valence-corrected chi connectivity index (χ2v) is 6.00. The maximum atomic E-state index is 12.1. The maximum absolute atomic E-state index is 12.1. The number of methoxy groups -OCH3 is 1. The average Bonchev–Trinajstić information content (AvgIpc) is 2.55. The van der Waals surface area contributed by atoms with Gasteiger partial charge >= 0.3 is 12.1 Å². The van der Waals surface area contributed by atoms with Crippen molar-refractivity contribution in [1.82, 2.24) is 15.5 Å². The molecule has 0 bridgehead atoms. The van der Waals surface area contributed by atoms with Gasteiger partial charge < -0.3 is 20.3 Å². The van der Waals surface area contributed by atoms with Gasteiger partial charge in [-0.15, -0.1) is 0 Å². The fourth-order valence-electron chi connectivity index (χ4n) is 2.66. The van der Waals surface area contributed by atoms with Gasteiger partial charge in [-0.1, -0.05) is 29.8 Å². The van der Waals surface area contributed by atoms with E-state index < -0.39 is 0 Å². The minimum atomic E-state index is -0.319. The van der Waals surface area contributed by atoms with Gasteiger partial charge in [-0.2, -0.15) is 0 Å². The van der Waals surface area contributed by atoms with E-state index in [9.17, 15) is 9.59 Å². The van der Waals surface area contributed by atoms with Gasteiger partial charge in [0.05, 0.1) is 13.2 Å². The van der Waals surface area contributed by atoms with E-state index in [1.165, 1.54) is 7.11 Å². The fourth-order valence-corrected chi connectivity index (χ4v) is 2.96. The summed E-state index contributed by atoms with van der Waals surface area (Å²) >= 11 is 6.13. The number of carbonyl (C=O) groups is 2. The van der Waals surface area contributed by atoms with Crippen molar-refractivity contribution in [1.29, 1.82) is 0 Å². The summed E-state index contributed by atoms with van der Waals surface area (Å²) in [5.74, 6) is 0. The molecular weight excluding hydrogens is 318 g/mol. The number of nitrogens with one attached hydrogen (secondary N) is 2. The number of benzene rings is 1. The van der Waals surface area contributed by atoms with E-state index in [-0.39, 0.29) is 24.2 Å². The Balaban J connectivity index is 1.80. The lowest BCUT2D eigenvalue weighted by molar-refractivity contribution is 0.110. The zero-order chi connectivity index (χ0) is 16.8. The van der Waals surface area contributed by atoms with Crippen molar-refractivity contribution in [2.75, 3.05) is 20.2 Å². The second-order valence-electron chi connectivity index (χ2n) is 5.59. The first kappa shape index (κ1) is 17.4. The van der Waals surface area contributed by atoms with Gasteiger partial charge in [0.1, 0.15) is 0 Å². The van der Waals surface area contributed by atoms with Crippen LogP contribution >= 0.6 is 11.6 Å². The summed E-state index contributed by atoms with van der Waals surface area (Å²) in [5, 5.41) is 6.47. The summed E-state index contributed by atoms with van der Waals surface area (Å²) in [6.07, 6.45) is 1.10. The Morgan fingerprint density at radius 2 is 1.96 bits per heavy atom. The molecule has 1 aliphatic rings. The van der Waals surface area contributed by atoms with Crippen molar-refractivity contribution in [2.24, 2.45) is 0 Å². The van der Waals surface area contributed by atoms with Crippen molar-refractivity contribution in [3.8, 4) is 0 Å². The molecule has 7 heteroatoms. The first-order chi connectivity index (χ1) is 11.0. The summed E-state index contributed by atoms with van der Waals surface area (Å²) in [4.78, 5) is 25.2. The Bertz CT molecular complexity index is 559. The molecule has 0 aliphatic carbocycles. The number of piperidine rings is 1. The third-order valence-corrected chi connectivity index (χ3v) is 4.33. The minimum Gasteiger partial charge on any atom is -0.453 e. The summed E-state index contributed by atoms with van der Waals surface area (Å²) in [6, 6.07) is 7.08. The Kier molecular flexibility index (Phi) is 6.10. The van der Waals surface area contributed by atoms with Crippen LogP contribution in [0.1, 0.15) is 31.4 Å². The number of amides is 3. The summed E-state index contributed by atoms with van der Waals surface area (Å²) < 4.78 is 4.69. The van der Waals surface area contributed by atoms with Crippen molar-refractivity contribution in [3.63, 3.8) is 0 Å². The Morgan fingerprint density at radius 3 is 2.57 bits per heavy atom. The van der Waals surface area contributed by atoms with E-state index >= 15 is 0 Å². The standard InChI is InChI=1S/C16H22ClN3O3/c1-11(13-5-3-4-6-14(13)17)18-15(21)19-12-7-9-20(10-8-12)16(22)23-2/h3-6,11-12H,7-10H2,1-2H3,(H2,18,19,21). The van der Waals surface area contributed by atoms with E-state index in [1.54, 1.807) is 11.0 Å². The van der Waals surface area contributed by atoms with Crippen LogP contribution in [0.25, 0.3) is 0 Å². The van der Waals surface area contributed by atoms with Crippen LogP contribution in [0, 0.1) is 0 Å². The van der Waals surface area contributed by atoms with Gasteiger partial charge in [-0.25, -0.2) is 9.59 Å². The van der Waals surface area contributed by atoms with Gasteiger partial charge in [0, 0.05) is 24.2 Å². The molecule has 0 aromatic heterocycles. The predicted molar refractivity (Wildman–Crippen MR) is 88.5 cm³/mol. The SMILES string of the molecule is COC(=O)N1CCC(NC(=O)NC(C)c2ccccc2Cl)CC1. The molecule has 1 aliphatic heterocycles. The van der Waals surface area contributed by atoms with Gasteiger partial charge in [-0.3, -0.25) is 0 Å². The molecule has 6 nitrogen and oxygen atoms in total. The molecule has 0 saturated carbocycles. The van der Waals surface area contributed by atoms with E-state index in [0.29, 0.717) is 31.0 Å². The number of hydrogen-bond acceptors (Lipinski definition) is 3. The van der Waals surface area contributed by atoms with Gasteiger partial charge in [0.2, 0.25) is 0 Å². The number of ether oxygens (including phenoxy) is 1. The lowest BCUT2D eigenvalue weighted by Gasteiger charge is -2.31. The molecule has 1 heterocycles. The molecule has 3 amide bonds. The van der Waals surface area contributed by atoms with Crippen molar-refractivity contribution < 1.29 is 14.3 Å².